The summed E-state index contributed by atoms with van der Waals surface area (Å²) < 4.78 is 9.32. The molecule has 0 spiro atoms. The summed E-state index contributed by atoms with van der Waals surface area (Å²) >= 11 is 0.760. The number of hydrogen-bond acceptors (Lipinski definition) is 8. The van der Waals surface area contributed by atoms with Crippen molar-refractivity contribution in [2.45, 2.75) is 37.8 Å². The van der Waals surface area contributed by atoms with E-state index in [0.717, 1.165) is 37.2 Å². The van der Waals surface area contributed by atoms with Crippen molar-refractivity contribution in [1.29, 1.82) is 0 Å². The van der Waals surface area contributed by atoms with Crippen LogP contribution in [0.3, 0.4) is 0 Å². The molecule has 1 aromatic carbocycles. The molecule has 182 valence electrons. The van der Waals surface area contributed by atoms with Crippen LogP contribution in [0.15, 0.2) is 48.8 Å². The maximum atomic E-state index is 14.0. The van der Waals surface area contributed by atoms with Gasteiger partial charge >= 0.3 is 0 Å². The van der Waals surface area contributed by atoms with E-state index < -0.39 is 17.9 Å². The summed E-state index contributed by atoms with van der Waals surface area (Å²) in [5.74, 6) is -1.27. The number of primary amides is 1. The highest BCUT2D eigenvalue weighted by Gasteiger charge is 2.37. The molecule has 1 atom stereocenters. The molecular formula is C24H26N6O4S. The fourth-order valence-electron chi connectivity index (χ4n) is 4.20. The van der Waals surface area contributed by atoms with Gasteiger partial charge in [-0.2, -0.15) is 4.37 Å². The van der Waals surface area contributed by atoms with Crippen LogP contribution in [0.1, 0.15) is 57.4 Å². The fraction of sp³-hybridized carbons (Fsp3) is 0.292. The summed E-state index contributed by atoms with van der Waals surface area (Å²) in [7, 11) is 1.51. The van der Waals surface area contributed by atoms with Gasteiger partial charge in [-0.3, -0.25) is 24.3 Å². The van der Waals surface area contributed by atoms with E-state index in [2.05, 4.69) is 14.7 Å². The van der Waals surface area contributed by atoms with Crippen LogP contribution in [-0.4, -0.2) is 40.2 Å². The van der Waals surface area contributed by atoms with Crippen molar-refractivity contribution in [2.75, 3.05) is 17.7 Å². The summed E-state index contributed by atoms with van der Waals surface area (Å²) in [6.45, 7) is 0. The lowest BCUT2D eigenvalue weighted by molar-refractivity contribution is -0.123. The fourth-order valence-corrected chi connectivity index (χ4v) is 4.94. The normalized spacial score (nSPS) is 14.3. The standard InChI is InChI=1S/C24H26N6O4S/c1-34-17-8-4-7-16(13-17)30(24(33)21-18(25)19(22(26)31)29-35-21)20(14-9-11-27-12-10-14)23(32)28-15-5-2-3-6-15/h4,7-13,15,20H,2-3,5-6,25H2,1H3,(H2,26,31)(H,28,32). The third kappa shape index (κ3) is 5.09. The summed E-state index contributed by atoms with van der Waals surface area (Å²) in [5.41, 5.74) is 12.1. The molecule has 0 saturated heterocycles. The van der Waals surface area contributed by atoms with E-state index in [9.17, 15) is 14.4 Å². The van der Waals surface area contributed by atoms with Gasteiger partial charge in [-0.05, 0) is 54.2 Å². The van der Waals surface area contributed by atoms with Crippen LogP contribution in [0.4, 0.5) is 11.4 Å². The maximum Gasteiger partial charge on any atom is 0.273 e. The molecule has 1 saturated carbocycles. The second kappa shape index (κ2) is 10.5. The molecule has 0 radical (unpaired) electrons. The van der Waals surface area contributed by atoms with E-state index in [1.54, 1.807) is 48.8 Å². The number of rotatable bonds is 8. The Morgan fingerprint density at radius 2 is 1.89 bits per heavy atom. The van der Waals surface area contributed by atoms with Crippen LogP contribution < -0.4 is 26.4 Å². The van der Waals surface area contributed by atoms with Gasteiger partial charge in [0.15, 0.2) is 5.69 Å². The van der Waals surface area contributed by atoms with Crippen molar-refractivity contribution in [1.82, 2.24) is 14.7 Å². The third-order valence-corrected chi connectivity index (χ3v) is 6.79. The quantitative estimate of drug-likeness (QED) is 0.435. The average Bonchev–Trinajstić information content (AvgIpc) is 3.52. The van der Waals surface area contributed by atoms with Gasteiger partial charge in [-0.15, -0.1) is 0 Å². The molecule has 2 heterocycles. The van der Waals surface area contributed by atoms with Gasteiger partial charge in [0.25, 0.3) is 11.8 Å². The van der Waals surface area contributed by atoms with Crippen LogP contribution in [0, 0.1) is 0 Å². The van der Waals surface area contributed by atoms with E-state index in [1.165, 1.54) is 12.0 Å². The molecule has 3 amide bonds. The highest BCUT2D eigenvalue weighted by atomic mass is 32.1. The van der Waals surface area contributed by atoms with E-state index in [-0.39, 0.29) is 28.2 Å². The van der Waals surface area contributed by atoms with Crippen molar-refractivity contribution in [3.05, 3.63) is 64.9 Å². The molecule has 1 fully saturated rings. The third-order valence-electron chi connectivity index (χ3n) is 5.94. The van der Waals surface area contributed by atoms with Gasteiger partial charge in [0.2, 0.25) is 5.91 Å². The first-order valence-corrected chi connectivity index (χ1v) is 11.9. The Kier molecular flexibility index (Phi) is 7.25. The Hall–Kier alpha value is -3.99. The first kappa shape index (κ1) is 24.1. The SMILES string of the molecule is COc1cccc(N(C(=O)c2snc(C(N)=O)c2N)C(C(=O)NC2CCCC2)c2ccncc2)c1. The molecule has 0 aliphatic heterocycles. The maximum absolute atomic E-state index is 14.0. The summed E-state index contributed by atoms with van der Waals surface area (Å²) in [6, 6.07) is 9.16. The number of benzene rings is 1. The Morgan fingerprint density at radius 1 is 1.17 bits per heavy atom. The second-order valence-corrected chi connectivity index (χ2v) is 8.96. The van der Waals surface area contributed by atoms with E-state index in [4.69, 9.17) is 16.2 Å². The molecule has 2 aromatic heterocycles. The number of nitrogens with two attached hydrogens (primary N) is 2. The van der Waals surface area contributed by atoms with Crippen LogP contribution in [0.5, 0.6) is 5.75 Å². The van der Waals surface area contributed by atoms with Gasteiger partial charge in [0, 0.05) is 30.2 Å². The summed E-state index contributed by atoms with van der Waals surface area (Å²) in [5, 5.41) is 3.10. The number of methoxy groups -OCH3 is 1. The van der Waals surface area contributed by atoms with Crippen molar-refractivity contribution >= 4 is 40.6 Å². The van der Waals surface area contributed by atoms with Crippen molar-refractivity contribution < 1.29 is 19.1 Å². The van der Waals surface area contributed by atoms with Crippen molar-refractivity contribution in [3.8, 4) is 5.75 Å². The number of nitrogen functional groups attached to an aromatic ring is 1. The predicted octanol–water partition coefficient (Wildman–Crippen LogP) is 2.67. The number of nitrogens with zero attached hydrogens (tertiary/aromatic N) is 3. The van der Waals surface area contributed by atoms with Gasteiger partial charge in [-0.1, -0.05) is 18.9 Å². The van der Waals surface area contributed by atoms with Crippen molar-refractivity contribution in [3.63, 3.8) is 0 Å². The zero-order chi connectivity index (χ0) is 24.9. The first-order valence-electron chi connectivity index (χ1n) is 11.1. The molecule has 4 rings (SSSR count). The molecule has 35 heavy (non-hydrogen) atoms. The number of aromatic nitrogens is 2. The van der Waals surface area contributed by atoms with Gasteiger partial charge in [0.1, 0.15) is 16.7 Å². The number of anilines is 2. The number of pyridine rings is 1. The molecule has 3 aromatic rings. The molecule has 10 nitrogen and oxygen atoms in total. The minimum Gasteiger partial charge on any atom is -0.497 e. The minimum atomic E-state index is -1.04. The molecule has 1 aliphatic carbocycles. The molecule has 11 heteroatoms. The molecule has 0 bridgehead atoms. The summed E-state index contributed by atoms with van der Waals surface area (Å²) in [4.78, 5) is 44.8. The average molecular weight is 495 g/mol. The smallest absolute Gasteiger partial charge is 0.273 e. The Bertz CT molecular complexity index is 1230. The predicted molar refractivity (Wildman–Crippen MR) is 132 cm³/mol. The van der Waals surface area contributed by atoms with E-state index in [1.807, 2.05) is 0 Å². The summed E-state index contributed by atoms with van der Waals surface area (Å²) in [6.07, 6.45) is 6.96. The van der Waals surface area contributed by atoms with Gasteiger partial charge < -0.3 is 21.5 Å². The molecule has 1 aliphatic rings. The van der Waals surface area contributed by atoms with Crippen LogP contribution in [0.25, 0.3) is 0 Å². The molecule has 1 unspecified atom stereocenters. The molecular weight excluding hydrogens is 468 g/mol. The zero-order valence-electron chi connectivity index (χ0n) is 19.1. The zero-order valence-corrected chi connectivity index (χ0v) is 20.0. The number of ether oxygens (including phenoxy) is 1. The Morgan fingerprint density at radius 3 is 2.51 bits per heavy atom. The lowest BCUT2D eigenvalue weighted by Crippen LogP contribution is -2.46. The van der Waals surface area contributed by atoms with Crippen LogP contribution >= 0.6 is 11.5 Å². The number of nitrogens with one attached hydrogen (secondary N) is 1. The largest absolute Gasteiger partial charge is 0.497 e. The Labute approximate surface area is 206 Å². The Balaban J connectivity index is 1.85. The topological polar surface area (TPSA) is 154 Å². The van der Waals surface area contributed by atoms with E-state index >= 15 is 0 Å². The number of carbonyl (C=O) groups excluding carboxylic acids is 3. The number of hydrogen-bond donors (Lipinski definition) is 3. The first-order chi connectivity index (χ1) is 16.9. The highest BCUT2D eigenvalue weighted by molar-refractivity contribution is 7.09. The lowest BCUT2D eigenvalue weighted by atomic mass is 10.0. The number of amides is 3. The van der Waals surface area contributed by atoms with Gasteiger partial charge in [-0.25, -0.2) is 0 Å². The second-order valence-electron chi connectivity index (χ2n) is 8.19. The number of carbonyl (C=O) groups is 3. The minimum absolute atomic E-state index is 0.00865. The van der Waals surface area contributed by atoms with Gasteiger partial charge in [0.05, 0.1) is 12.8 Å². The monoisotopic (exact) mass is 494 g/mol. The highest BCUT2D eigenvalue weighted by Crippen LogP contribution is 2.34. The van der Waals surface area contributed by atoms with Crippen LogP contribution in [-0.2, 0) is 4.79 Å². The molecule has 5 N–H and O–H groups in total. The van der Waals surface area contributed by atoms with Crippen LogP contribution in [0.2, 0.25) is 0 Å². The lowest BCUT2D eigenvalue weighted by Gasteiger charge is -2.32. The van der Waals surface area contributed by atoms with Crippen molar-refractivity contribution in [2.24, 2.45) is 5.73 Å². The van der Waals surface area contributed by atoms with E-state index in [0.29, 0.717) is 17.0 Å².